The van der Waals surface area contributed by atoms with Gasteiger partial charge in [0.2, 0.25) is 0 Å². The molecule has 6 heteroatoms. The van der Waals surface area contributed by atoms with Crippen LogP contribution in [0.5, 0.6) is 23.0 Å². The van der Waals surface area contributed by atoms with Gasteiger partial charge in [0.05, 0.1) is 16.9 Å². The molecule has 5 nitrogen and oxygen atoms in total. The fourth-order valence-electron chi connectivity index (χ4n) is 9.35. The zero-order chi connectivity index (χ0) is 40.8. The van der Waals surface area contributed by atoms with E-state index in [-0.39, 0.29) is 6.71 Å². The summed E-state index contributed by atoms with van der Waals surface area (Å²) in [5.41, 5.74) is 17.9. The predicted octanol–water partition coefficient (Wildman–Crippen LogP) is 12.5. The van der Waals surface area contributed by atoms with Gasteiger partial charge in [-0.3, -0.25) is 0 Å². The van der Waals surface area contributed by atoms with E-state index in [2.05, 4.69) is 214 Å². The zero-order valence-electron chi connectivity index (χ0n) is 34.7. The molecule has 3 heterocycles. The lowest BCUT2D eigenvalue weighted by atomic mass is 9.34. The van der Waals surface area contributed by atoms with Gasteiger partial charge in [0, 0.05) is 63.7 Å². The Morgan fingerprint density at radius 2 is 0.950 bits per heavy atom. The number of hydrogen-bond donors (Lipinski definition) is 0. The fraction of sp³-hybridized carbons (Fsp3) is 0.111. The molecule has 0 fully saturated rings. The number of anilines is 6. The summed E-state index contributed by atoms with van der Waals surface area (Å²) in [6.45, 7) is 10.6. The van der Waals surface area contributed by atoms with Gasteiger partial charge in [-0.1, -0.05) is 107 Å². The molecule has 8 aromatic carbocycles. The first-order valence-corrected chi connectivity index (χ1v) is 20.8. The van der Waals surface area contributed by atoms with Crippen molar-refractivity contribution in [3.63, 3.8) is 0 Å². The molecule has 11 rings (SSSR count). The highest BCUT2D eigenvalue weighted by Gasteiger charge is 2.43. The third kappa shape index (κ3) is 5.70. The van der Waals surface area contributed by atoms with Crippen LogP contribution in [0.1, 0.15) is 27.8 Å². The summed E-state index contributed by atoms with van der Waals surface area (Å²) in [4.78, 5) is 4.72. The van der Waals surface area contributed by atoms with Gasteiger partial charge in [0.1, 0.15) is 23.0 Å². The molecule has 9 aromatic rings. The van der Waals surface area contributed by atoms with Crippen molar-refractivity contribution in [1.29, 1.82) is 0 Å². The van der Waals surface area contributed by atoms with Crippen molar-refractivity contribution in [2.75, 3.05) is 9.80 Å². The lowest BCUT2D eigenvalue weighted by Crippen LogP contribution is -2.57. The highest BCUT2D eigenvalue weighted by molar-refractivity contribution is 6.98. The van der Waals surface area contributed by atoms with Crippen molar-refractivity contribution < 1.29 is 9.47 Å². The van der Waals surface area contributed by atoms with Gasteiger partial charge < -0.3 is 23.8 Å². The highest BCUT2D eigenvalue weighted by atomic mass is 16.5. The van der Waals surface area contributed by atoms with Crippen LogP contribution in [0.2, 0.25) is 0 Å². The summed E-state index contributed by atoms with van der Waals surface area (Å²) in [7, 11) is 2.18. The molecule has 0 N–H and O–H groups in total. The lowest BCUT2D eigenvalue weighted by molar-refractivity contribution is 0.466. The predicted molar refractivity (Wildman–Crippen MR) is 251 cm³/mol. The highest BCUT2D eigenvalue weighted by Crippen LogP contribution is 2.49. The Bertz CT molecular complexity index is 3060. The molecular formula is C54H44BN3O2. The molecule has 0 bridgehead atoms. The van der Waals surface area contributed by atoms with E-state index in [9.17, 15) is 0 Å². The average Bonchev–Trinajstić information content (AvgIpc) is 3.56. The summed E-state index contributed by atoms with van der Waals surface area (Å²) in [5.74, 6) is 3.32. The maximum atomic E-state index is 7.43. The minimum Gasteiger partial charge on any atom is -0.458 e. The van der Waals surface area contributed by atoms with Crippen LogP contribution in [0.25, 0.3) is 21.8 Å². The second-order valence-electron chi connectivity index (χ2n) is 16.7. The van der Waals surface area contributed by atoms with Crippen LogP contribution in [0.4, 0.5) is 34.1 Å². The zero-order valence-corrected chi connectivity index (χ0v) is 34.7. The smallest absolute Gasteiger partial charge is 0.260 e. The minimum atomic E-state index is -0.150. The molecular weight excluding hydrogens is 733 g/mol. The van der Waals surface area contributed by atoms with Gasteiger partial charge in [0.15, 0.2) is 0 Å². The van der Waals surface area contributed by atoms with Crippen LogP contribution in [0.3, 0.4) is 0 Å². The van der Waals surface area contributed by atoms with Gasteiger partial charge in [-0.2, -0.15) is 0 Å². The van der Waals surface area contributed by atoms with E-state index in [1.54, 1.807) is 0 Å². The Balaban J connectivity index is 1.22. The van der Waals surface area contributed by atoms with Crippen LogP contribution in [0, 0.1) is 34.6 Å². The molecule has 0 aliphatic carbocycles. The first-order chi connectivity index (χ1) is 29.2. The molecule has 0 amide bonds. The minimum absolute atomic E-state index is 0.150. The molecule has 2 aliphatic heterocycles. The Labute approximate surface area is 351 Å². The van der Waals surface area contributed by atoms with Crippen molar-refractivity contribution in [3.05, 3.63) is 186 Å². The molecule has 60 heavy (non-hydrogen) atoms. The molecule has 0 unspecified atom stereocenters. The van der Waals surface area contributed by atoms with E-state index in [0.717, 1.165) is 89.9 Å². The van der Waals surface area contributed by atoms with Crippen LogP contribution in [0.15, 0.2) is 158 Å². The number of benzene rings is 8. The Morgan fingerprint density at radius 1 is 0.450 bits per heavy atom. The molecule has 290 valence electrons. The van der Waals surface area contributed by atoms with E-state index in [1.807, 2.05) is 0 Å². The summed E-state index contributed by atoms with van der Waals surface area (Å²) in [6.07, 6.45) is 0. The van der Waals surface area contributed by atoms with Crippen molar-refractivity contribution in [3.8, 4) is 23.0 Å². The standard InChI is InChI=1S/C54H44BN3O2/c1-33-11-20-38(21-12-33)57(39-22-13-34(2)14-23-39)42-30-49-52-50(31-42)60-54-45(55(52)44-29-37(5)19-28-48(44)59-49)32-47(51-43-9-7-8-10-46(43)56(6)53(51)54)58(40-24-15-35(3)16-25-40)41-26-17-36(4)18-27-41/h7-32H,1-6H3. The van der Waals surface area contributed by atoms with E-state index in [1.165, 1.54) is 33.2 Å². The number of hydrogen-bond acceptors (Lipinski definition) is 4. The van der Waals surface area contributed by atoms with E-state index >= 15 is 0 Å². The lowest BCUT2D eigenvalue weighted by Gasteiger charge is -2.36. The van der Waals surface area contributed by atoms with Crippen LogP contribution < -0.4 is 35.7 Å². The topological polar surface area (TPSA) is 29.9 Å². The van der Waals surface area contributed by atoms with Gasteiger partial charge >= 0.3 is 0 Å². The molecule has 0 spiro atoms. The van der Waals surface area contributed by atoms with E-state index < -0.39 is 0 Å². The summed E-state index contributed by atoms with van der Waals surface area (Å²) >= 11 is 0. The number of fused-ring (bicyclic) bond motifs is 8. The normalized spacial score (nSPS) is 12.4. The van der Waals surface area contributed by atoms with E-state index in [0.29, 0.717) is 0 Å². The maximum absolute atomic E-state index is 7.43. The quantitative estimate of drug-likeness (QED) is 0.157. The number of rotatable bonds is 6. The molecule has 0 saturated heterocycles. The Hall–Kier alpha value is -7.18. The fourth-order valence-corrected chi connectivity index (χ4v) is 9.35. The van der Waals surface area contributed by atoms with Crippen LogP contribution in [-0.2, 0) is 7.05 Å². The van der Waals surface area contributed by atoms with Gasteiger partial charge in [-0.25, -0.2) is 0 Å². The van der Waals surface area contributed by atoms with Crippen molar-refractivity contribution in [2.45, 2.75) is 34.6 Å². The molecule has 2 aliphatic rings. The second kappa shape index (κ2) is 13.7. The van der Waals surface area contributed by atoms with Crippen molar-refractivity contribution >= 4 is 79.0 Å². The largest absolute Gasteiger partial charge is 0.458 e. The van der Waals surface area contributed by atoms with E-state index in [4.69, 9.17) is 9.47 Å². The van der Waals surface area contributed by atoms with Gasteiger partial charge in [-0.15, -0.1) is 0 Å². The van der Waals surface area contributed by atoms with Gasteiger partial charge in [0.25, 0.3) is 6.71 Å². The average molecular weight is 778 g/mol. The van der Waals surface area contributed by atoms with Crippen molar-refractivity contribution in [2.24, 2.45) is 7.05 Å². The van der Waals surface area contributed by atoms with Gasteiger partial charge in [-0.05, 0) is 112 Å². The SMILES string of the molecule is Cc1ccc(N(c2ccc(C)cc2)c2cc3c4c(c2)Oc2c(cc(N(c5ccc(C)cc5)c5ccc(C)cc5)c5c6ccccc6n(C)c25)B4c2cc(C)ccc2O3)cc1. The Morgan fingerprint density at radius 3 is 1.52 bits per heavy atom. The molecule has 0 saturated carbocycles. The third-order valence-electron chi connectivity index (χ3n) is 12.4. The van der Waals surface area contributed by atoms with Crippen LogP contribution >= 0.6 is 0 Å². The number of aryl methyl sites for hydroxylation is 6. The number of ether oxygens (including phenoxy) is 2. The summed E-state index contributed by atoms with van der Waals surface area (Å²) in [6, 6.07) is 57.3. The summed E-state index contributed by atoms with van der Waals surface area (Å²) < 4.78 is 16.7. The van der Waals surface area contributed by atoms with Crippen LogP contribution in [-0.4, -0.2) is 11.3 Å². The molecule has 1 aromatic heterocycles. The first kappa shape index (κ1) is 35.9. The number of para-hydroxylation sites is 1. The first-order valence-electron chi connectivity index (χ1n) is 20.8. The van der Waals surface area contributed by atoms with Crippen molar-refractivity contribution in [1.82, 2.24) is 4.57 Å². The molecule has 0 radical (unpaired) electrons. The third-order valence-corrected chi connectivity index (χ3v) is 12.4. The maximum Gasteiger partial charge on any atom is 0.260 e. The molecule has 0 atom stereocenters. The number of aromatic nitrogens is 1. The second-order valence-corrected chi connectivity index (χ2v) is 16.7. The Kier molecular flexibility index (Phi) is 8.21. The monoisotopic (exact) mass is 777 g/mol. The number of nitrogens with zero attached hydrogens (tertiary/aromatic N) is 3. The summed E-state index contributed by atoms with van der Waals surface area (Å²) in [5, 5.41) is 2.32.